The molecule has 0 aliphatic carbocycles. The number of hydrogen-bond donors (Lipinski definition) is 0. The van der Waals surface area contributed by atoms with Crippen LogP contribution < -0.4 is 4.57 Å². The number of rotatable bonds is 3. The average Bonchev–Trinajstić information content (AvgIpc) is 2.84. The fraction of sp³-hybridized carbons (Fsp3) is 0.273. The lowest BCUT2D eigenvalue weighted by Gasteiger charge is -2.03. The number of hydrogen-bond acceptors (Lipinski definition) is 1. The normalized spacial score (nSPS) is 13.7. The van der Waals surface area contributed by atoms with Gasteiger partial charge in [-0.05, 0) is 37.0 Å². The van der Waals surface area contributed by atoms with Crippen LogP contribution in [0.15, 0.2) is 60.8 Å². The standard InChI is InChI=1S/C22H22N3/c23-15-18-10-12-19(13-11-18)16-24-17-21(20-7-3-1-4-8-20)25-14-6-2-5-9-22(24)25/h1,3-4,7-8,10-13,17H,2,5-6,9,14,16H2/q+1. The van der Waals surface area contributed by atoms with E-state index in [4.69, 9.17) is 5.26 Å². The first kappa shape index (κ1) is 15.7. The van der Waals surface area contributed by atoms with Crippen molar-refractivity contribution in [3.8, 4) is 17.3 Å². The van der Waals surface area contributed by atoms with Crippen LogP contribution in [0.4, 0.5) is 0 Å². The molecule has 3 heteroatoms. The summed E-state index contributed by atoms with van der Waals surface area (Å²) < 4.78 is 4.90. The molecule has 25 heavy (non-hydrogen) atoms. The van der Waals surface area contributed by atoms with Crippen LogP contribution in [-0.2, 0) is 19.5 Å². The van der Waals surface area contributed by atoms with Gasteiger partial charge in [0, 0.05) is 12.0 Å². The van der Waals surface area contributed by atoms with Gasteiger partial charge in [0.2, 0.25) is 0 Å². The van der Waals surface area contributed by atoms with Crippen molar-refractivity contribution in [1.29, 1.82) is 5.26 Å². The molecule has 1 aliphatic heterocycles. The second-order valence-electron chi connectivity index (χ2n) is 6.70. The summed E-state index contributed by atoms with van der Waals surface area (Å²) >= 11 is 0. The first-order valence-electron chi connectivity index (χ1n) is 9.01. The van der Waals surface area contributed by atoms with Gasteiger partial charge in [-0.2, -0.15) is 5.26 Å². The van der Waals surface area contributed by atoms with Crippen LogP contribution >= 0.6 is 0 Å². The number of benzene rings is 2. The zero-order chi connectivity index (χ0) is 17.1. The van der Waals surface area contributed by atoms with Crippen LogP contribution in [0.25, 0.3) is 11.3 Å². The minimum Gasteiger partial charge on any atom is -0.229 e. The van der Waals surface area contributed by atoms with Crippen molar-refractivity contribution in [1.82, 2.24) is 4.57 Å². The van der Waals surface area contributed by atoms with E-state index in [0.717, 1.165) is 25.1 Å². The topological polar surface area (TPSA) is 32.6 Å². The van der Waals surface area contributed by atoms with E-state index in [0.29, 0.717) is 0 Å². The lowest BCUT2D eigenvalue weighted by molar-refractivity contribution is -0.695. The Morgan fingerprint density at radius 2 is 1.76 bits per heavy atom. The molecule has 0 saturated heterocycles. The van der Waals surface area contributed by atoms with Crippen molar-refractivity contribution < 1.29 is 4.57 Å². The molecule has 3 aromatic rings. The Morgan fingerprint density at radius 1 is 0.960 bits per heavy atom. The van der Waals surface area contributed by atoms with Gasteiger partial charge >= 0.3 is 0 Å². The van der Waals surface area contributed by atoms with Gasteiger partial charge in [-0.25, -0.2) is 9.13 Å². The van der Waals surface area contributed by atoms with Gasteiger partial charge in [-0.1, -0.05) is 42.5 Å². The summed E-state index contributed by atoms with van der Waals surface area (Å²) in [5, 5.41) is 8.98. The third-order valence-corrected chi connectivity index (χ3v) is 5.00. The van der Waals surface area contributed by atoms with Crippen molar-refractivity contribution in [3.05, 3.63) is 77.7 Å². The van der Waals surface area contributed by atoms with Crippen LogP contribution in [0, 0.1) is 11.3 Å². The highest BCUT2D eigenvalue weighted by atomic mass is 15.2. The van der Waals surface area contributed by atoms with Gasteiger partial charge in [0.05, 0.1) is 18.2 Å². The monoisotopic (exact) mass is 328 g/mol. The average molecular weight is 328 g/mol. The van der Waals surface area contributed by atoms with Gasteiger partial charge in [-0.3, -0.25) is 0 Å². The minimum atomic E-state index is 0.717. The van der Waals surface area contributed by atoms with Crippen LogP contribution in [0.2, 0.25) is 0 Å². The predicted octanol–water partition coefficient (Wildman–Crippen LogP) is 4.09. The lowest BCUT2D eigenvalue weighted by Crippen LogP contribution is -2.37. The summed E-state index contributed by atoms with van der Waals surface area (Å²) in [4.78, 5) is 0. The third kappa shape index (κ3) is 3.21. The number of fused-ring (bicyclic) bond motifs is 1. The third-order valence-electron chi connectivity index (χ3n) is 5.00. The lowest BCUT2D eigenvalue weighted by atomic mass is 10.1. The second kappa shape index (κ2) is 6.94. The Bertz CT molecular complexity index is 899. The highest BCUT2D eigenvalue weighted by molar-refractivity contribution is 5.58. The van der Waals surface area contributed by atoms with E-state index in [1.165, 1.54) is 41.9 Å². The smallest absolute Gasteiger partial charge is 0.229 e. The van der Waals surface area contributed by atoms with Crippen molar-refractivity contribution in [3.63, 3.8) is 0 Å². The molecule has 124 valence electrons. The predicted molar refractivity (Wildman–Crippen MR) is 97.9 cm³/mol. The van der Waals surface area contributed by atoms with Crippen LogP contribution in [0.3, 0.4) is 0 Å². The van der Waals surface area contributed by atoms with Crippen molar-refractivity contribution in [2.45, 2.75) is 38.8 Å². The quantitative estimate of drug-likeness (QED) is 0.667. The van der Waals surface area contributed by atoms with E-state index in [-0.39, 0.29) is 0 Å². The van der Waals surface area contributed by atoms with Crippen molar-refractivity contribution in [2.75, 3.05) is 0 Å². The SMILES string of the molecule is N#Cc1ccc(C[n+]2cc(-c3ccccc3)n3c2CCCCC3)cc1. The first-order chi connectivity index (χ1) is 12.3. The van der Waals surface area contributed by atoms with E-state index < -0.39 is 0 Å². The van der Waals surface area contributed by atoms with Gasteiger partial charge in [0.1, 0.15) is 12.7 Å². The Kier molecular flexibility index (Phi) is 4.35. The molecule has 0 N–H and O–H groups in total. The molecule has 1 aromatic heterocycles. The van der Waals surface area contributed by atoms with Crippen LogP contribution in [0.1, 0.15) is 36.2 Å². The summed E-state index contributed by atoms with van der Waals surface area (Å²) in [6, 6.07) is 20.8. The number of imidazole rings is 1. The van der Waals surface area contributed by atoms with E-state index >= 15 is 0 Å². The number of aromatic nitrogens is 2. The zero-order valence-electron chi connectivity index (χ0n) is 14.4. The Labute approximate surface area is 148 Å². The van der Waals surface area contributed by atoms with Crippen molar-refractivity contribution in [2.24, 2.45) is 0 Å². The zero-order valence-corrected chi connectivity index (χ0v) is 14.4. The molecule has 1 aliphatic rings. The molecule has 0 atom stereocenters. The highest BCUT2D eigenvalue weighted by Crippen LogP contribution is 2.24. The fourth-order valence-electron chi connectivity index (χ4n) is 3.70. The Balaban J connectivity index is 1.74. The second-order valence-corrected chi connectivity index (χ2v) is 6.70. The molecule has 0 bridgehead atoms. The summed E-state index contributed by atoms with van der Waals surface area (Å²) in [6.45, 7) is 1.95. The molecular formula is C22H22N3+. The molecule has 4 rings (SSSR count). The highest BCUT2D eigenvalue weighted by Gasteiger charge is 2.25. The van der Waals surface area contributed by atoms with E-state index in [1.807, 2.05) is 12.1 Å². The summed E-state index contributed by atoms with van der Waals surface area (Å²) in [5.41, 5.74) is 4.55. The Morgan fingerprint density at radius 3 is 2.52 bits per heavy atom. The van der Waals surface area contributed by atoms with Crippen LogP contribution in [-0.4, -0.2) is 4.57 Å². The minimum absolute atomic E-state index is 0.717. The van der Waals surface area contributed by atoms with Gasteiger partial charge in [0.25, 0.3) is 5.82 Å². The van der Waals surface area contributed by atoms with Gasteiger partial charge in [0.15, 0.2) is 5.69 Å². The molecule has 2 aromatic carbocycles. The molecule has 0 saturated carbocycles. The molecule has 0 spiro atoms. The summed E-state index contributed by atoms with van der Waals surface area (Å²) in [5.74, 6) is 1.42. The maximum atomic E-state index is 8.98. The molecule has 0 unspecified atom stereocenters. The Hall–Kier alpha value is -2.86. The van der Waals surface area contributed by atoms with E-state index in [2.05, 4.69) is 63.9 Å². The largest absolute Gasteiger partial charge is 0.257 e. The van der Waals surface area contributed by atoms with Gasteiger partial charge in [-0.15, -0.1) is 0 Å². The number of nitriles is 1. The molecule has 0 radical (unpaired) electrons. The molecule has 0 fully saturated rings. The van der Waals surface area contributed by atoms with Crippen molar-refractivity contribution >= 4 is 0 Å². The molecular weight excluding hydrogens is 306 g/mol. The summed E-state index contributed by atoms with van der Waals surface area (Å²) in [7, 11) is 0. The number of nitrogens with zero attached hydrogens (tertiary/aromatic N) is 3. The maximum Gasteiger partial charge on any atom is 0.257 e. The first-order valence-corrected chi connectivity index (χ1v) is 9.01. The fourth-order valence-corrected chi connectivity index (χ4v) is 3.70. The summed E-state index contributed by atoms with van der Waals surface area (Å²) in [6.07, 6.45) is 7.23. The molecule has 2 heterocycles. The molecule has 3 nitrogen and oxygen atoms in total. The van der Waals surface area contributed by atoms with Gasteiger partial charge < -0.3 is 0 Å². The molecule has 0 amide bonds. The van der Waals surface area contributed by atoms with E-state index in [9.17, 15) is 0 Å². The van der Waals surface area contributed by atoms with Crippen LogP contribution in [0.5, 0.6) is 0 Å². The van der Waals surface area contributed by atoms with E-state index in [1.54, 1.807) is 0 Å². The maximum absolute atomic E-state index is 8.98.